The maximum Gasteiger partial charge on any atom is 0.152 e. The van der Waals surface area contributed by atoms with Crippen molar-refractivity contribution < 1.29 is 0 Å². The zero-order valence-corrected chi connectivity index (χ0v) is 8.28. The molecule has 0 aromatic carbocycles. The van der Waals surface area contributed by atoms with E-state index in [4.69, 9.17) is 0 Å². The summed E-state index contributed by atoms with van der Waals surface area (Å²) in [6.45, 7) is 2.11. The predicted octanol–water partition coefficient (Wildman–Crippen LogP) is 2.83. The summed E-state index contributed by atoms with van der Waals surface area (Å²) in [5.41, 5.74) is 1.16. The molecule has 0 bridgehead atoms. The van der Waals surface area contributed by atoms with Gasteiger partial charge in [0, 0.05) is 17.0 Å². The number of aromatic nitrogens is 2. The van der Waals surface area contributed by atoms with Gasteiger partial charge in [-0.15, -0.1) is 22.7 Å². The molecule has 0 saturated heterocycles. The molecule has 0 unspecified atom stereocenters. The molecule has 4 heteroatoms. The molecule has 0 spiro atoms. The van der Waals surface area contributed by atoms with E-state index in [1.165, 1.54) is 0 Å². The van der Waals surface area contributed by atoms with Gasteiger partial charge >= 0.3 is 0 Å². The lowest BCUT2D eigenvalue weighted by Crippen LogP contribution is -1.78. The van der Waals surface area contributed by atoms with Crippen molar-refractivity contribution in [3.05, 3.63) is 22.7 Å². The maximum absolute atomic E-state index is 4.44. The van der Waals surface area contributed by atoms with Crippen molar-refractivity contribution in [2.45, 2.75) is 13.3 Å². The van der Waals surface area contributed by atoms with Crippen molar-refractivity contribution in [2.75, 3.05) is 0 Å². The first-order chi connectivity index (χ1) is 5.90. The average molecular weight is 196 g/mol. The molecule has 2 aromatic rings. The Labute approximate surface area is 78.9 Å². The van der Waals surface area contributed by atoms with Crippen LogP contribution in [0.1, 0.15) is 12.6 Å². The van der Waals surface area contributed by atoms with Gasteiger partial charge in [-0.25, -0.2) is 9.97 Å². The van der Waals surface area contributed by atoms with E-state index < -0.39 is 0 Å². The van der Waals surface area contributed by atoms with Crippen molar-refractivity contribution in [2.24, 2.45) is 0 Å². The zero-order valence-electron chi connectivity index (χ0n) is 6.65. The summed E-state index contributed by atoms with van der Waals surface area (Å²) < 4.78 is 0. The Hall–Kier alpha value is -0.740. The van der Waals surface area contributed by atoms with E-state index in [0.29, 0.717) is 0 Å². The second-order valence-corrected chi connectivity index (χ2v) is 4.09. The number of aryl methyl sites for hydroxylation is 1. The molecule has 2 heterocycles. The van der Waals surface area contributed by atoms with Crippen LogP contribution in [0.4, 0.5) is 0 Å². The van der Waals surface area contributed by atoms with E-state index in [1.807, 2.05) is 11.6 Å². The number of hydrogen-bond acceptors (Lipinski definition) is 4. The molecule has 2 nitrogen and oxygen atoms in total. The molecule has 0 aliphatic heterocycles. The van der Waals surface area contributed by atoms with Gasteiger partial charge in [0.05, 0.1) is 5.69 Å². The van der Waals surface area contributed by atoms with Crippen LogP contribution in [0.15, 0.2) is 17.0 Å². The van der Waals surface area contributed by atoms with Gasteiger partial charge in [-0.05, 0) is 6.42 Å². The van der Waals surface area contributed by atoms with E-state index in [9.17, 15) is 0 Å². The largest absolute Gasteiger partial charge is 0.242 e. The van der Waals surface area contributed by atoms with Crippen LogP contribution in [0.2, 0.25) is 0 Å². The van der Waals surface area contributed by atoms with Gasteiger partial charge in [0.2, 0.25) is 0 Å². The minimum Gasteiger partial charge on any atom is -0.242 e. The topological polar surface area (TPSA) is 25.8 Å². The van der Waals surface area contributed by atoms with Crippen LogP contribution >= 0.6 is 22.7 Å². The fraction of sp³-hybridized carbons (Fsp3) is 0.250. The molecule has 0 amide bonds. The number of hydrogen-bond donors (Lipinski definition) is 0. The van der Waals surface area contributed by atoms with E-state index in [0.717, 1.165) is 22.1 Å². The summed E-state index contributed by atoms with van der Waals surface area (Å²) in [6, 6.07) is 0. The normalized spacial score (nSPS) is 10.4. The van der Waals surface area contributed by atoms with Crippen LogP contribution in [-0.4, -0.2) is 9.97 Å². The number of rotatable bonds is 2. The van der Waals surface area contributed by atoms with Crippen LogP contribution in [0, 0.1) is 0 Å². The summed E-state index contributed by atoms with van der Waals surface area (Å²) in [5.74, 6) is 0. The lowest BCUT2D eigenvalue weighted by molar-refractivity contribution is 1.06. The lowest BCUT2D eigenvalue weighted by atomic mass is 10.4. The molecule has 0 radical (unpaired) electrons. The highest BCUT2D eigenvalue weighted by molar-refractivity contribution is 7.19. The highest BCUT2D eigenvalue weighted by Crippen LogP contribution is 2.25. The van der Waals surface area contributed by atoms with Gasteiger partial charge in [-0.1, -0.05) is 6.92 Å². The van der Waals surface area contributed by atoms with Gasteiger partial charge < -0.3 is 0 Å². The van der Waals surface area contributed by atoms with Crippen molar-refractivity contribution in [3.8, 4) is 10.0 Å². The molecule has 2 rings (SSSR count). The van der Waals surface area contributed by atoms with Crippen LogP contribution in [0.25, 0.3) is 10.0 Å². The summed E-state index contributed by atoms with van der Waals surface area (Å²) in [6.07, 6.45) is 2.81. The third-order valence-corrected chi connectivity index (χ3v) is 3.34. The molecule has 2 aromatic heterocycles. The van der Waals surface area contributed by atoms with Crippen LogP contribution in [-0.2, 0) is 6.42 Å². The summed E-state index contributed by atoms with van der Waals surface area (Å²) in [5, 5.41) is 6.14. The average Bonchev–Trinajstić information content (AvgIpc) is 2.75. The highest BCUT2D eigenvalue weighted by Gasteiger charge is 2.04. The number of thiazole rings is 2. The fourth-order valence-corrected chi connectivity index (χ4v) is 2.49. The van der Waals surface area contributed by atoms with E-state index in [1.54, 1.807) is 22.7 Å². The Kier molecular flexibility index (Phi) is 2.19. The van der Waals surface area contributed by atoms with Gasteiger partial charge in [-0.2, -0.15) is 0 Å². The maximum atomic E-state index is 4.44. The predicted molar refractivity (Wildman–Crippen MR) is 52.6 cm³/mol. The molecule has 0 aliphatic carbocycles. The van der Waals surface area contributed by atoms with Crippen molar-refractivity contribution in [1.29, 1.82) is 0 Å². The molecule has 62 valence electrons. The van der Waals surface area contributed by atoms with Crippen LogP contribution < -0.4 is 0 Å². The third-order valence-electron chi connectivity index (χ3n) is 1.53. The fourth-order valence-electron chi connectivity index (χ4n) is 0.897. The van der Waals surface area contributed by atoms with Gasteiger partial charge in [0.1, 0.15) is 0 Å². The standard InChI is InChI=1S/C8H8N2S2/c1-2-6-5-12-8(10-6)7-9-3-4-11-7/h3-5H,2H2,1H3. The minimum atomic E-state index is 1.00. The second kappa shape index (κ2) is 3.33. The quantitative estimate of drug-likeness (QED) is 0.738. The van der Waals surface area contributed by atoms with Crippen molar-refractivity contribution in [1.82, 2.24) is 9.97 Å². The van der Waals surface area contributed by atoms with Crippen LogP contribution in [0.3, 0.4) is 0 Å². The minimum absolute atomic E-state index is 1.00. The molecule has 0 saturated carbocycles. The zero-order chi connectivity index (χ0) is 8.39. The summed E-state index contributed by atoms with van der Waals surface area (Å²) in [7, 11) is 0. The van der Waals surface area contributed by atoms with E-state index in [-0.39, 0.29) is 0 Å². The van der Waals surface area contributed by atoms with Gasteiger partial charge in [-0.3, -0.25) is 0 Å². The molecular weight excluding hydrogens is 188 g/mol. The lowest BCUT2D eigenvalue weighted by Gasteiger charge is -1.85. The third kappa shape index (κ3) is 1.40. The summed E-state index contributed by atoms with van der Waals surface area (Å²) >= 11 is 3.31. The first-order valence-electron chi connectivity index (χ1n) is 3.74. The molecule has 0 aliphatic rings. The van der Waals surface area contributed by atoms with Gasteiger partial charge in [0.25, 0.3) is 0 Å². The monoisotopic (exact) mass is 196 g/mol. The van der Waals surface area contributed by atoms with Crippen molar-refractivity contribution >= 4 is 22.7 Å². The molecule has 12 heavy (non-hydrogen) atoms. The van der Waals surface area contributed by atoms with Crippen molar-refractivity contribution in [3.63, 3.8) is 0 Å². The van der Waals surface area contributed by atoms with E-state index in [2.05, 4.69) is 22.3 Å². The number of nitrogens with zero attached hydrogens (tertiary/aromatic N) is 2. The molecule has 0 fully saturated rings. The second-order valence-electron chi connectivity index (χ2n) is 2.33. The van der Waals surface area contributed by atoms with Gasteiger partial charge in [0.15, 0.2) is 10.0 Å². The van der Waals surface area contributed by atoms with Crippen LogP contribution in [0.5, 0.6) is 0 Å². The Bertz CT molecular complexity index is 351. The summed E-state index contributed by atoms with van der Waals surface area (Å²) in [4.78, 5) is 8.64. The highest BCUT2D eigenvalue weighted by atomic mass is 32.1. The molecule has 0 N–H and O–H groups in total. The molecule has 0 atom stereocenters. The first kappa shape index (κ1) is 7.89. The Morgan fingerprint density at radius 2 is 2.25 bits per heavy atom. The smallest absolute Gasteiger partial charge is 0.152 e. The first-order valence-corrected chi connectivity index (χ1v) is 5.50. The Morgan fingerprint density at radius 1 is 1.33 bits per heavy atom. The Morgan fingerprint density at radius 3 is 2.83 bits per heavy atom. The molecular formula is C8H8N2S2. The van der Waals surface area contributed by atoms with E-state index >= 15 is 0 Å². The Balaban J connectivity index is 2.35. The SMILES string of the molecule is CCc1csc(-c2nccs2)n1.